The Morgan fingerprint density at radius 2 is 2.20 bits per heavy atom. The number of thiazole rings is 1. The van der Waals surface area contributed by atoms with Crippen molar-refractivity contribution in [3.8, 4) is 0 Å². The summed E-state index contributed by atoms with van der Waals surface area (Å²) in [5.74, 6) is 0.173. The first-order chi connectivity index (χ1) is 14.6. The van der Waals surface area contributed by atoms with E-state index in [9.17, 15) is 4.39 Å². The van der Waals surface area contributed by atoms with E-state index in [2.05, 4.69) is 33.3 Å². The van der Waals surface area contributed by atoms with Crippen molar-refractivity contribution in [3.63, 3.8) is 0 Å². The molecule has 0 bridgehead atoms. The van der Waals surface area contributed by atoms with E-state index in [4.69, 9.17) is 4.74 Å². The summed E-state index contributed by atoms with van der Waals surface area (Å²) >= 11 is 3.20. The highest BCUT2D eigenvalue weighted by atomic mass is 32.1. The number of hydrogen-bond donors (Lipinski definition) is 1. The van der Waals surface area contributed by atoms with Crippen molar-refractivity contribution < 1.29 is 9.13 Å². The molecule has 0 aliphatic carbocycles. The quantitative estimate of drug-likeness (QED) is 0.464. The van der Waals surface area contributed by atoms with Gasteiger partial charge < -0.3 is 10.1 Å². The maximum Gasteiger partial charge on any atom is 0.148 e. The molecule has 2 saturated heterocycles. The van der Waals surface area contributed by atoms with E-state index >= 15 is 0 Å². The molecule has 8 heteroatoms. The third-order valence-electron chi connectivity index (χ3n) is 6.68. The number of benzene rings is 1. The van der Waals surface area contributed by atoms with Gasteiger partial charge in [-0.15, -0.1) is 22.7 Å². The van der Waals surface area contributed by atoms with Crippen LogP contribution in [0.25, 0.3) is 20.4 Å². The first-order valence-electron chi connectivity index (χ1n) is 10.1. The predicted octanol–water partition coefficient (Wildman–Crippen LogP) is 5.37. The Morgan fingerprint density at radius 3 is 3.07 bits per heavy atom. The predicted molar refractivity (Wildman–Crippen MR) is 121 cm³/mol. The molecule has 2 aliphatic rings. The van der Waals surface area contributed by atoms with Gasteiger partial charge in [0.2, 0.25) is 0 Å². The van der Waals surface area contributed by atoms with Crippen LogP contribution in [-0.4, -0.2) is 47.2 Å². The third-order valence-corrected chi connectivity index (χ3v) is 8.63. The van der Waals surface area contributed by atoms with Crippen molar-refractivity contribution in [2.75, 3.05) is 32.1 Å². The Hall–Kier alpha value is -2.13. The van der Waals surface area contributed by atoms with Crippen molar-refractivity contribution in [2.45, 2.75) is 24.3 Å². The molecular formula is C22H21FN4OS2. The van der Waals surface area contributed by atoms with Crippen LogP contribution in [0, 0.1) is 5.82 Å². The Kier molecular flexibility index (Phi) is 4.31. The number of rotatable bonds is 3. The number of nitrogens with one attached hydrogen (secondary N) is 1. The van der Waals surface area contributed by atoms with E-state index in [0.29, 0.717) is 11.6 Å². The molecule has 6 rings (SSSR count). The molecule has 1 unspecified atom stereocenters. The monoisotopic (exact) mass is 440 g/mol. The number of thiophene rings is 1. The number of likely N-dealkylation sites (tertiary alicyclic amines) is 1. The summed E-state index contributed by atoms with van der Waals surface area (Å²) < 4.78 is 21.3. The average molecular weight is 441 g/mol. The summed E-state index contributed by atoms with van der Waals surface area (Å²) in [6.45, 7) is 2.70. The lowest BCUT2D eigenvalue weighted by atomic mass is 9.83. The first-order valence-corrected chi connectivity index (χ1v) is 11.8. The number of fused-ring (bicyclic) bond motifs is 2. The summed E-state index contributed by atoms with van der Waals surface area (Å²) in [6.07, 6.45) is 3.99. The maximum absolute atomic E-state index is 14.7. The lowest BCUT2D eigenvalue weighted by Crippen LogP contribution is -2.45. The van der Waals surface area contributed by atoms with Crippen LogP contribution >= 0.6 is 22.7 Å². The number of likely N-dealkylation sites (N-methyl/N-ethyl adjacent to an activating group) is 1. The highest BCUT2D eigenvalue weighted by molar-refractivity contribution is 7.18. The molecule has 0 amide bonds. The number of ether oxygens (including phenoxy) is 1. The van der Waals surface area contributed by atoms with Crippen molar-refractivity contribution in [2.24, 2.45) is 0 Å². The van der Waals surface area contributed by atoms with Crippen LogP contribution in [0.1, 0.15) is 23.6 Å². The molecule has 0 radical (unpaired) electrons. The maximum atomic E-state index is 14.7. The number of anilines is 2. The number of nitrogens with zero attached hydrogens (tertiary/aromatic N) is 3. The van der Waals surface area contributed by atoms with Gasteiger partial charge in [0.15, 0.2) is 0 Å². The first kappa shape index (κ1) is 18.6. The van der Waals surface area contributed by atoms with Crippen molar-refractivity contribution in [1.82, 2.24) is 14.9 Å². The van der Waals surface area contributed by atoms with Gasteiger partial charge in [0.1, 0.15) is 10.6 Å². The molecule has 3 aromatic heterocycles. The highest BCUT2D eigenvalue weighted by Gasteiger charge is 2.50. The van der Waals surface area contributed by atoms with Crippen LogP contribution < -0.4 is 5.32 Å². The van der Waals surface area contributed by atoms with Gasteiger partial charge in [0.25, 0.3) is 0 Å². The Labute approximate surface area is 181 Å². The van der Waals surface area contributed by atoms with Gasteiger partial charge in [-0.05, 0) is 50.7 Å². The summed E-state index contributed by atoms with van der Waals surface area (Å²) in [5, 5.41) is 4.33. The smallest absolute Gasteiger partial charge is 0.148 e. The molecule has 2 aliphatic heterocycles. The molecule has 4 aromatic rings. The molecule has 30 heavy (non-hydrogen) atoms. The van der Waals surface area contributed by atoms with Crippen LogP contribution in [-0.2, 0) is 4.74 Å². The van der Waals surface area contributed by atoms with Gasteiger partial charge in [-0.2, -0.15) is 0 Å². The Morgan fingerprint density at radius 1 is 1.27 bits per heavy atom. The van der Waals surface area contributed by atoms with Gasteiger partial charge in [-0.3, -0.25) is 4.90 Å². The topological polar surface area (TPSA) is 50.3 Å². The molecule has 5 heterocycles. The second kappa shape index (κ2) is 6.95. The molecule has 1 spiro atoms. The zero-order chi connectivity index (χ0) is 20.3. The molecule has 0 saturated carbocycles. The third kappa shape index (κ3) is 2.78. The van der Waals surface area contributed by atoms with E-state index in [0.717, 1.165) is 58.7 Å². The standard InChI is InChI=1S/C22H21FN4OS2/c1-27-6-3-14(22(27)4-7-28-11-22)19-8-13-16(2-5-24-21(13)30-19)26-17-10-18-20(9-15(17)23)29-12-25-18/h2,5,8-10,12,14H,3-4,6-7,11H2,1H3,(H,24,26)/t14-,22?/m1/s1. The fourth-order valence-electron chi connectivity index (χ4n) is 4.99. The van der Waals surface area contributed by atoms with E-state index in [1.165, 1.54) is 16.2 Å². The van der Waals surface area contributed by atoms with E-state index < -0.39 is 0 Å². The molecule has 154 valence electrons. The van der Waals surface area contributed by atoms with Gasteiger partial charge in [0.05, 0.1) is 39.2 Å². The minimum Gasteiger partial charge on any atom is -0.379 e. The van der Waals surface area contributed by atoms with Gasteiger partial charge in [0, 0.05) is 29.0 Å². The lowest BCUT2D eigenvalue weighted by Gasteiger charge is -2.35. The van der Waals surface area contributed by atoms with Gasteiger partial charge in [-0.25, -0.2) is 14.4 Å². The normalized spacial score (nSPS) is 24.5. The largest absolute Gasteiger partial charge is 0.379 e. The van der Waals surface area contributed by atoms with E-state index in [1.54, 1.807) is 35.2 Å². The van der Waals surface area contributed by atoms with E-state index in [1.807, 2.05) is 6.07 Å². The number of halogens is 1. The molecule has 1 N–H and O–H groups in total. The molecule has 2 fully saturated rings. The number of hydrogen-bond acceptors (Lipinski definition) is 7. The number of aromatic nitrogens is 2. The second-order valence-electron chi connectivity index (χ2n) is 8.17. The number of pyridine rings is 1. The minimum absolute atomic E-state index is 0.0935. The van der Waals surface area contributed by atoms with Crippen molar-refractivity contribution in [1.29, 1.82) is 0 Å². The zero-order valence-corrected chi connectivity index (χ0v) is 18.2. The molecule has 1 aromatic carbocycles. The highest BCUT2D eigenvalue weighted by Crippen LogP contribution is 2.49. The summed E-state index contributed by atoms with van der Waals surface area (Å²) in [6, 6.07) is 7.49. The Balaban J connectivity index is 1.39. The lowest BCUT2D eigenvalue weighted by molar-refractivity contribution is 0.111. The van der Waals surface area contributed by atoms with Crippen LogP contribution in [0.4, 0.5) is 15.8 Å². The van der Waals surface area contributed by atoms with Crippen LogP contribution in [0.15, 0.2) is 36.0 Å². The van der Waals surface area contributed by atoms with Crippen LogP contribution in [0.2, 0.25) is 0 Å². The SMILES string of the molecule is CN1CC[C@H](c2cc3c(Nc4cc5ncsc5cc4F)ccnc3s2)C12CCOC2. The molecule has 2 atom stereocenters. The zero-order valence-electron chi connectivity index (χ0n) is 16.5. The fraction of sp³-hybridized carbons (Fsp3) is 0.364. The van der Waals surface area contributed by atoms with Crippen LogP contribution in [0.5, 0.6) is 0 Å². The fourth-order valence-corrected chi connectivity index (χ4v) is 6.95. The van der Waals surface area contributed by atoms with Crippen molar-refractivity contribution >= 4 is 54.5 Å². The molecule has 5 nitrogen and oxygen atoms in total. The summed E-state index contributed by atoms with van der Waals surface area (Å²) in [7, 11) is 2.21. The minimum atomic E-state index is -0.272. The molecular weight excluding hydrogens is 419 g/mol. The summed E-state index contributed by atoms with van der Waals surface area (Å²) in [5.41, 5.74) is 3.95. The average Bonchev–Trinajstić information content (AvgIpc) is 3.51. The van der Waals surface area contributed by atoms with Crippen LogP contribution in [0.3, 0.4) is 0 Å². The summed E-state index contributed by atoms with van der Waals surface area (Å²) in [4.78, 5) is 13.7. The van der Waals surface area contributed by atoms with Gasteiger partial charge >= 0.3 is 0 Å². The van der Waals surface area contributed by atoms with Crippen molar-refractivity contribution in [3.05, 3.63) is 46.7 Å². The van der Waals surface area contributed by atoms with Gasteiger partial charge in [-0.1, -0.05) is 0 Å². The Bertz CT molecular complexity index is 1250. The van der Waals surface area contributed by atoms with E-state index in [-0.39, 0.29) is 11.4 Å². The second-order valence-corrected chi connectivity index (χ2v) is 10.1.